The van der Waals surface area contributed by atoms with Crippen LogP contribution in [0.4, 0.5) is 5.13 Å². The number of aromatic nitrogens is 3. The van der Waals surface area contributed by atoms with Crippen molar-refractivity contribution in [2.75, 3.05) is 19.0 Å². The van der Waals surface area contributed by atoms with Crippen molar-refractivity contribution in [2.45, 2.75) is 19.4 Å². The molecule has 3 heterocycles. The van der Waals surface area contributed by atoms with Gasteiger partial charge in [-0.05, 0) is 0 Å². The molecule has 0 aromatic carbocycles. The molecule has 0 radical (unpaired) electrons. The van der Waals surface area contributed by atoms with Crippen LogP contribution in [0.25, 0.3) is 0 Å². The van der Waals surface area contributed by atoms with Crippen LogP contribution in [0, 0.1) is 0 Å². The SMILES string of the molecule is CNC(=O)Cc1csc(NC(=O)c2cc3n(n2)CCCO3)n1. The molecule has 0 fully saturated rings. The number of amides is 2. The van der Waals surface area contributed by atoms with Gasteiger partial charge < -0.3 is 10.1 Å². The quantitative estimate of drug-likeness (QED) is 0.862. The molecule has 0 atom stereocenters. The van der Waals surface area contributed by atoms with Crippen LogP contribution < -0.4 is 15.4 Å². The van der Waals surface area contributed by atoms with E-state index in [4.69, 9.17) is 4.74 Å². The Morgan fingerprint density at radius 1 is 1.50 bits per heavy atom. The second-order valence-corrected chi connectivity index (χ2v) is 5.60. The van der Waals surface area contributed by atoms with E-state index >= 15 is 0 Å². The van der Waals surface area contributed by atoms with Crippen molar-refractivity contribution in [3.05, 3.63) is 22.8 Å². The van der Waals surface area contributed by atoms with Gasteiger partial charge in [-0.1, -0.05) is 0 Å². The van der Waals surface area contributed by atoms with Gasteiger partial charge in [0.1, 0.15) is 0 Å². The highest BCUT2D eigenvalue weighted by molar-refractivity contribution is 7.14. The number of aryl methyl sites for hydroxylation is 1. The first-order chi connectivity index (χ1) is 10.7. The average Bonchev–Trinajstić information content (AvgIpc) is 3.13. The molecule has 0 saturated carbocycles. The number of carbonyl (C=O) groups excluding carboxylic acids is 2. The van der Waals surface area contributed by atoms with Gasteiger partial charge in [0, 0.05) is 31.5 Å². The summed E-state index contributed by atoms with van der Waals surface area (Å²) in [5, 5.41) is 11.6. The smallest absolute Gasteiger partial charge is 0.278 e. The normalized spacial score (nSPS) is 13.1. The standard InChI is InChI=1S/C13H15N5O3S/c1-14-10(19)5-8-7-22-13(15-8)16-12(20)9-6-11-18(17-9)3-2-4-21-11/h6-7H,2-5H2,1H3,(H,14,19)(H,15,16,20). The number of anilines is 1. The zero-order chi connectivity index (χ0) is 15.5. The lowest BCUT2D eigenvalue weighted by molar-refractivity contribution is -0.120. The summed E-state index contributed by atoms with van der Waals surface area (Å²) in [7, 11) is 1.57. The second-order valence-electron chi connectivity index (χ2n) is 4.74. The number of nitrogens with one attached hydrogen (secondary N) is 2. The molecule has 0 spiro atoms. The summed E-state index contributed by atoms with van der Waals surface area (Å²) in [5.41, 5.74) is 0.909. The molecule has 8 nitrogen and oxygen atoms in total. The van der Waals surface area contributed by atoms with Crippen LogP contribution in [-0.2, 0) is 17.8 Å². The summed E-state index contributed by atoms with van der Waals surface area (Å²) in [6, 6.07) is 1.62. The minimum Gasteiger partial charge on any atom is -0.478 e. The number of fused-ring (bicyclic) bond motifs is 1. The Bertz CT molecular complexity index is 685. The summed E-state index contributed by atoms with van der Waals surface area (Å²) < 4.78 is 7.11. The fraction of sp³-hybridized carbons (Fsp3) is 0.385. The fourth-order valence-corrected chi connectivity index (χ4v) is 2.74. The number of hydrogen-bond donors (Lipinski definition) is 2. The number of nitrogens with zero attached hydrogens (tertiary/aromatic N) is 3. The van der Waals surface area contributed by atoms with Gasteiger partial charge in [0.15, 0.2) is 10.8 Å². The third kappa shape index (κ3) is 3.08. The predicted octanol–water partition coefficient (Wildman–Crippen LogP) is 0.663. The monoisotopic (exact) mass is 321 g/mol. The molecule has 0 aliphatic carbocycles. The van der Waals surface area contributed by atoms with Gasteiger partial charge in [-0.3, -0.25) is 14.9 Å². The molecular weight excluding hydrogens is 306 g/mol. The van der Waals surface area contributed by atoms with Crippen molar-refractivity contribution >= 4 is 28.3 Å². The predicted molar refractivity (Wildman–Crippen MR) is 80.2 cm³/mol. The molecule has 1 aliphatic rings. The largest absolute Gasteiger partial charge is 0.478 e. The van der Waals surface area contributed by atoms with Crippen molar-refractivity contribution in [2.24, 2.45) is 0 Å². The first-order valence-corrected chi connectivity index (χ1v) is 7.70. The van der Waals surface area contributed by atoms with Gasteiger partial charge in [-0.25, -0.2) is 9.67 Å². The number of likely N-dealkylation sites (N-methyl/N-ethyl adjacent to an activating group) is 1. The summed E-state index contributed by atoms with van der Waals surface area (Å²) in [5.74, 6) is 0.143. The van der Waals surface area contributed by atoms with E-state index in [0.717, 1.165) is 13.0 Å². The first-order valence-electron chi connectivity index (χ1n) is 6.82. The third-order valence-electron chi connectivity index (χ3n) is 3.13. The van der Waals surface area contributed by atoms with Crippen LogP contribution in [0.5, 0.6) is 5.88 Å². The van der Waals surface area contributed by atoms with Crippen LogP contribution in [0.15, 0.2) is 11.4 Å². The second kappa shape index (κ2) is 6.14. The van der Waals surface area contributed by atoms with Crippen molar-refractivity contribution in [3.63, 3.8) is 0 Å². The summed E-state index contributed by atoms with van der Waals surface area (Å²) in [6.07, 6.45) is 1.07. The van der Waals surface area contributed by atoms with Crippen molar-refractivity contribution in [3.8, 4) is 5.88 Å². The fourth-order valence-electron chi connectivity index (χ4n) is 2.04. The van der Waals surface area contributed by atoms with Gasteiger partial charge >= 0.3 is 0 Å². The van der Waals surface area contributed by atoms with E-state index in [2.05, 4.69) is 20.7 Å². The first kappa shape index (κ1) is 14.5. The van der Waals surface area contributed by atoms with E-state index in [1.807, 2.05) is 0 Å². The van der Waals surface area contributed by atoms with E-state index in [1.54, 1.807) is 23.2 Å². The lowest BCUT2D eigenvalue weighted by atomic mass is 10.3. The van der Waals surface area contributed by atoms with Crippen molar-refractivity contribution in [1.82, 2.24) is 20.1 Å². The zero-order valence-corrected chi connectivity index (χ0v) is 12.8. The summed E-state index contributed by atoms with van der Waals surface area (Å²) in [4.78, 5) is 27.7. The molecule has 0 bridgehead atoms. The molecule has 9 heteroatoms. The van der Waals surface area contributed by atoms with Crippen LogP contribution in [0.1, 0.15) is 22.6 Å². The number of hydrogen-bond acceptors (Lipinski definition) is 6. The highest BCUT2D eigenvalue weighted by Gasteiger charge is 2.19. The lowest BCUT2D eigenvalue weighted by Gasteiger charge is -2.13. The molecule has 2 aromatic rings. The molecule has 22 heavy (non-hydrogen) atoms. The summed E-state index contributed by atoms with van der Waals surface area (Å²) >= 11 is 1.27. The van der Waals surface area contributed by atoms with E-state index in [9.17, 15) is 9.59 Å². The van der Waals surface area contributed by atoms with Crippen molar-refractivity contribution < 1.29 is 14.3 Å². The number of carbonyl (C=O) groups is 2. The minimum atomic E-state index is -0.341. The minimum absolute atomic E-state index is 0.123. The van der Waals surface area contributed by atoms with Crippen LogP contribution >= 0.6 is 11.3 Å². The van der Waals surface area contributed by atoms with E-state index in [0.29, 0.717) is 29.0 Å². The maximum absolute atomic E-state index is 12.2. The van der Waals surface area contributed by atoms with Gasteiger partial charge in [0.2, 0.25) is 11.8 Å². The Hall–Kier alpha value is -2.42. The molecule has 0 unspecified atom stereocenters. The Morgan fingerprint density at radius 3 is 3.14 bits per heavy atom. The van der Waals surface area contributed by atoms with E-state index < -0.39 is 0 Å². The van der Waals surface area contributed by atoms with Crippen molar-refractivity contribution in [1.29, 1.82) is 0 Å². The molecule has 2 amide bonds. The van der Waals surface area contributed by atoms with E-state index in [-0.39, 0.29) is 18.2 Å². The Labute approximate surface area is 130 Å². The van der Waals surface area contributed by atoms with Gasteiger partial charge in [0.25, 0.3) is 5.91 Å². The number of thiazole rings is 1. The average molecular weight is 321 g/mol. The Balaban J connectivity index is 1.66. The lowest BCUT2D eigenvalue weighted by Crippen LogP contribution is -2.20. The Kier molecular flexibility index (Phi) is 4.05. The van der Waals surface area contributed by atoms with Gasteiger partial charge in [-0.2, -0.15) is 5.10 Å². The topological polar surface area (TPSA) is 98.1 Å². The molecule has 2 N–H and O–H groups in total. The van der Waals surface area contributed by atoms with E-state index in [1.165, 1.54) is 11.3 Å². The van der Waals surface area contributed by atoms with Crippen LogP contribution in [0.3, 0.4) is 0 Å². The maximum atomic E-state index is 12.2. The van der Waals surface area contributed by atoms with Gasteiger partial charge in [-0.15, -0.1) is 11.3 Å². The number of ether oxygens (including phenoxy) is 1. The molecule has 0 saturated heterocycles. The van der Waals surface area contributed by atoms with Crippen LogP contribution in [-0.4, -0.2) is 40.2 Å². The third-order valence-corrected chi connectivity index (χ3v) is 3.94. The Morgan fingerprint density at radius 2 is 2.36 bits per heavy atom. The maximum Gasteiger partial charge on any atom is 0.278 e. The van der Waals surface area contributed by atoms with Gasteiger partial charge in [0.05, 0.1) is 18.7 Å². The molecule has 3 rings (SSSR count). The molecule has 2 aromatic heterocycles. The zero-order valence-electron chi connectivity index (χ0n) is 12.0. The molecule has 1 aliphatic heterocycles. The molecular formula is C13H15N5O3S. The highest BCUT2D eigenvalue weighted by Crippen LogP contribution is 2.20. The van der Waals surface area contributed by atoms with Crippen LogP contribution in [0.2, 0.25) is 0 Å². The highest BCUT2D eigenvalue weighted by atomic mass is 32.1. The molecule has 116 valence electrons. The number of rotatable bonds is 4. The summed E-state index contributed by atoms with van der Waals surface area (Å²) in [6.45, 7) is 1.39.